The van der Waals surface area contributed by atoms with E-state index < -0.39 is 5.97 Å². The van der Waals surface area contributed by atoms with Gasteiger partial charge in [-0.2, -0.15) is 0 Å². The Bertz CT molecular complexity index is 679. The lowest BCUT2D eigenvalue weighted by molar-refractivity contribution is 0.0601. The van der Waals surface area contributed by atoms with Gasteiger partial charge in [0.15, 0.2) is 0 Å². The maximum absolute atomic E-state index is 13.6. The highest BCUT2D eigenvalue weighted by Crippen LogP contribution is 2.22. The Morgan fingerprint density at radius 1 is 1.33 bits per heavy atom. The van der Waals surface area contributed by atoms with Crippen LogP contribution in [0, 0.1) is 5.82 Å². The standard InChI is InChI=1S/C15H12BrClFNO2/c1-21-15(20)12-7-11(3-4-13(12)17)19-8-9-6-10(16)2-5-14(9)18/h2-7,19H,8H2,1H3. The summed E-state index contributed by atoms with van der Waals surface area (Å²) in [5.74, 6) is -0.815. The molecule has 0 amide bonds. The van der Waals surface area contributed by atoms with E-state index in [2.05, 4.69) is 26.0 Å². The van der Waals surface area contributed by atoms with Crippen LogP contribution < -0.4 is 5.32 Å². The van der Waals surface area contributed by atoms with Crippen LogP contribution in [0.1, 0.15) is 15.9 Å². The summed E-state index contributed by atoms with van der Waals surface area (Å²) in [6.07, 6.45) is 0. The molecule has 0 fully saturated rings. The van der Waals surface area contributed by atoms with Crippen LogP contribution in [0.5, 0.6) is 0 Å². The predicted molar refractivity (Wildman–Crippen MR) is 84.2 cm³/mol. The Morgan fingerprint density at radius 3 is 2.81 bits per heavy atom. The smallest absolute Gasteiger partial charge is 0.339 e. The number of carbonyl (C=O) groups excluding carboxylic acids is 1. The second kappa shape index (κ2) is 6.91. The largest absolute Gasteiger partial charge is 0.465 e. The van der Waals surface area contributed by atoms with Crippen LogP contribution in [0.4, 0.5) is 10.1 Å². The van der Waals surface area contributed by atoms with Crippen LogP contribution in [0.25, 0.3) is 0 Å². The zero-order chi connectivity index (χ0) is 15.4. The van der Waals surface area contributed by atoms with E-state index in [1.807, 2.05) is 0 Å². The Labute approximate surface area is 135 Å². The van der Waals surface area contributed by atoms with Gasteiger partial charge in [-0.3, -0.25) is 0 Å². The Hall–Kier alpha value is -1.59. The molecule has 2 aromatic carbocycles. The highest BCUT2D eigenvalue weighted by molar-refractivity contribution is 9.10. The van der Waals surface area contributed by atoms with E-state index >= 15 is 0 Å². The number of hydrogen-bond donors (Lipinski definition) is 1. The van der Waals surface area contributed by atoms with Crippen molar-refractivity contribution in [1.29, 1.82) is 0 Å². The van der Waals surface area contributed by atoms with Crippen molar-refractivity contribution in [2.75, 3.05) is 12.4 Å². The average molecular weight is 373 g/mol. The van der Waals surface area contributed by atoms with Gasteiger partial charge in [0.2, 0.25) is 0 Å². The first-order chi connectivity index (χ1) is 10.0. The van der Waals surface area contributed by atoms with Crippen LogP contribution in [-0.4, -0.2) is 13.1 Å². The molecule has 0 atom stereocenters. The predicted octanol–water partition coefficient (Wildman–Crippen LogP) is 4.64. The fourth-order valence-corrected chi connectivity index (χ4v) is 2.38. The molecule has 2 rings (SSSR count). The first-order valence-corrected chi connectivity index (χ1v) is 7.24. The number of methoxy groups -OCH3 is 1. The third kappa shape index (κ3) is 3.95. The van der Waals surface area contributed by atoms with Gasteiger partial charge >= 0.3 is 5.97 Å². The highest BCUT2D eigenvalue weighted by Gasteiger charge is 2.11. The molecule has 0 aliphatic heterocycles. The number of rotatable bonds is 4. The normalized spacial score (nSPS) is 10.3. The van der Waals surface area contributed by atoms with Crippen molar-refractivity contribution < 1.29 is 13.9 Å². The van der Waals surface area contributed by atoms with Crippen LogP contribution >= 0.6 is 27.5 Å². The van der Waals surface area contributed by atoms with Gasteiger partial charge in [-0.05, 0) is 36.4 Å². The van der Waals surface area contributed by atoms with Crippen LogP contribution in [-0.2, 0) is 11.3 Å². The lowest BCUT2D eigenvalue weighted by Gasteiger charge is -2.10. The molecule has 0 spiro atoms. The quantitative estimate of drug-likeness (QED) is 0.795. The number of anilines is 1. The maximum Gasteiger partial charge on any atom is 0.339 e. The summed E-state index contributed by atoms with van der Waals surface area (Å²) in [7, 11) is 1.29. The summed E-state index contributed by atoms with van der Waals surface area (Å²) >= 11 is 9.24. The first-order valence-electron chi connectivity index (χ1n) is 6.07. The fourth-order valence-electron chi connectivity index (χ4n) is 1.78. The molecule has 0 aliphatic rings. The number of hydrogen-bond acceptors (Lipinski definition) is 3. The number of ether oxygens (including phenoxy) is 1. The van der Waals surface area contributed by atoms with E-state index in [9.17, 15) is 9.18 Å². The van der Waals surface area contributed by atoms with E-state index in [-0.39, 0.29) is 17.9 Å². The molecule has 0 unspecified atom stereocenters. The number of nitrogens with one attached hydrogen (secondary N) is 1. The summed E-state index contributed by atoms with van der Waals surface area (Å²) in [6, 6.07) is 9.60. The van der Waals surface area contributed by atoms with Gasteiger partial charge in [0.05, 0.1) is 17.7 Å². The van der Waals surface area contributed by atoms with E-state index in [1.54, 1.807) is 30.3 Å². The van der Waals surface area contributed by atoms with Crippen molar-refractivity contribution in [3.05, 3.63) is 62.8 Å². The molecule has 0 aliphatic carbocycles. The Morgan fingerprint density at radius 2 is 2.10 bits per heavy atom. The van der Waals surface area contributed by atoms with Crippen molar-refractivity contribution >= 4 is 39.2 Å². The van der Waals surface area contributed by atoms with E-state index in [1.165, 1.54) is 13.2 Å². The Balaban J connectivity index is 2.17. The zero-order valence-corrected chi connectivity index (χ0v) is 13.5. The van der Waals surface area contributed by atoms with Gasteiger partial charge < -0.3 is 10.1 Å². The molecular weight excluding hydrogens is 361 g/mol. The average Bonchev–Trinajstić information content (AvgIpc) is 2.48. The second-order valence-corrected chi connectivity index (χ2v) is 5.60. The van der Waals surface area contributed by atoms with E-state index in [0.717, 1.165) is 4.47 Å². The maximum atomic E-state index is 13.6. The lowest BCUT2D eigenvalue weighted by Crippen LogP contribution is -2.05. The third-order valence-corrected chi connectivity index (χ3v) is 3.69. The molecule has 110 valence electrons. The summed E-state index contributed by atoms with van der Waals surface area (Å²) in [4.78, 5) is 11.6. The fraction of sp³-hybridized carbons (Fsp3) is 0.133. The molecule has 21 heavy (non-hydrogen) atoms. The van der Waals surface area contributed by atoms with Gasteiger partial charge in [0.25, 0.3) is 0 Å². The van der Waals surface area contributed by atoms with E-state index in [0.29, 0.717) is 16.3 Å². The van der Waals surface area contributed by atoms with Crippen molar-refractivity contribution in [3.63, 3.8) is 0 Å². The van der Waals surface area contributed by atoms with Gasteiger partial charge in [0, 0.05) is 22.3 Å². The number of carbonyl (C=O) groups is 1. The number of benzene rings is 2. The molecule has 1 N–H and O–H groups in total. The summed E-state index contributed by atoms with van der Waals surface area (Å²) < 4.78 is 19.1. The highest BCUT2D eigenvalue weighted by atomic mass is 79.9. The second-order valence-electron chi connectivity index (χ2n) is 4.28. The molecule has 0 saturated carbocycles. The molecule has 0 radical (unpaired) electrons. The van der Waals surface area contributed by atoms with Crippen LogP contribution in [0.3, 0.4) is 0 Å². The third-order valence-electron chi connectivity index (χ3n) is 2.86. The van der Waals surface area contributed by atoms with Crippen LogP contribution in [0.2, 0.25) is 5.02 Å². The summed E-state index contributed by atoms with van der Waals surface area (Å²) in [6.45, 7) is 0.285. The summed E-state index contributed by atoms with van der Waals surface area (Å²) in [5.41, 5.74) is 1.43. The van der Waals surface area contributed by atoms with Gasteiger partial charge in [-0.1, -0.05) is 27.5 Å². The topological polar surface area (TPSA) is 38.3 Å². The van der Waals surface area contributed by atoms with Crippen molar-refractivity contribution in [2.24, 2.45) is 0 Å². The zero-order valence-electron chi connectivity index (χ0n) is 11.1. The van der Waals surface area contributed by atoms with Gasteiger partial charge in [-0.25, -0.2) is 9.18 Å². The molecule has 0 heterocycles. The SMILES string of the molecule is COC(=O)c1cc(NCc2cc(Br)ccc2F)ccc1Cl. The Kier molecular flexibility index (Phi) is 5.20. The van der Waals surface area contributed by atoms with Crippen molar-refractivity contribution in [3.8, 4) is 0 Å². The van der Waals surface area contributed by atoms with E-state index in [4.69, 9.17) is 11.6 Å². The lowest BCUT2D eigenvalue weighted by atomic mass is 10.1. The molecule has 2 aromatic rings. The van der Waals surface area contributed by atoms with Gasteiger partial charge in [-0.15, -0.1) is 0 Å². The minimum absolute atomic E-state index is 0.263. The number of esters is 1. The minimum Gasteiger partial charge on any atom is -0.465 e. The molecule has 3 nitrogen and oxygen atoms in total. The molecule has 0 bridgehead atoms. The monoisotopic (exact) mass is 371 g/mol. The molecule has 0 aromatic heterocycles. The summed E-state index contributed by atoms with van der Waals surface area (Å²) in [5, 5.41) is 3.35. The van der Waals surface area contributed by atoms with Crippen molar-refractivity contribution in [1.82, 2.24) is 0 Å². The van der Waals surface area contributed by atoms with Crippen LogP contribution in [0.15, 0.2) is 40.9 Å². The minimum atomic E-state index is -0.516. The van der Waals surface area contributed by atoms with Gasteiger partial charge in [0.1, 0.15) is 5.82 Å². The van der Waals surface area contributed by atoms with Crippen molar-refractivity contribution in [2.45, 2.75) is 6.54 Å². The molecule has 6 heteroatoms. The first kappa shape index (κ1) is 15.8. The molecule has 0 saturated heterocycles. The number of halogens is 3. The molecular formula is C15H12BrClFNO2.